The van der Waals surface area contributed by atoms with E-state index in [9.17, 15) is 8.78 Å². The zero-order valence-electron chi connectivity index (χ0n) is 10.7. The molecule has 3 nitrogen and oxygen atoms in total. The molecule has 1 rings (SSSR count). The molecule has 0 radical (unpaired) electrons. The van der Waals surface area contributed by atoms with Gasteiger partial charge in [-0.25, -0.2) is 8.78 Å². The molecule has 0 aromatic heterocycles. The summed E-state index contributed by atoms with van der Waals surface area (Å²) < 4.78 is 24.6. The molecule has 1 aliphatic rings. The van der Waals surface area contributed by atoms with E-state index in [1.54, 1.807) is 0 Å². The van der Waals surface area contributed by atoms with Crippen molar-refractivity contribution >= 4 is 0 Å². The first-order valence-electron chi connectivity index (χ1n) is 6.57. The Hall–Kier alpha value is -0.260. The predicted octanol–water partition coefficient (Wildman–Crippen LogP) is 1.43. The van der Waals surface area contributed by atoms with Crippen molar-refractivity contribution in [2.45, 2.75) is 44.6 Å². The molecule has 1 heterocycles. The molecule has 0 aromatic rings. The zero-order chi connectivity index (χ0) is 12.7. The standard InChI is InChI=1S/C12H25F2N3/c1-2-6-17-7-3-4-12(10-15,5-8-17)16-9-11(13)14/h11,16H,2-10,15H2,1H3. The number of alkyl halides is 2. The van der Waals surface area contributed by atoms with Crippen LogP contribution in [0.3, 0.4) is 0 Å². The van der Waals surface area contributed by atoms with Crippen LogP contribution in [0.5, 0.6) is 0 Å². The van der Waals surface area contributed by atoms with Gasteiger partial charge in [-0.15, -0.1) is 0 Å². The monoisotopic (exact) mass is 249 g/mol. The first kappa shape index (κ1) is 14.8. The summed E-state index contributed by atoms with van der Waals surface area (Å²) in [6.07, 6.45) is 1.65. The van der Waals surface area contributed by atoms with Crippen molar-refractivity contribution in [3.63, 3.8) is 0 Å². The number of hydrogen-bond donors (Lipinski definition) is 2. The van der Waals surface area contributed by atoms with Crippen molar-refractivity contribution in [1.82, 2.24) is 10.2 Å². The Kier molecular flexibility index (Phi) is 6.30. The number of hydrogen-bond acceptors (Lipinski definition) is 3. The fourth-order valence-corrected chi connectivity index (χ4v) is 2.54. The molecule has 1 atom stereocenters. The number of rotatable bonds is 6. The Labute approximate surface area is 103 Å². The van der Waals surface area contributed by atoms with Crippen LogP contribution in [0, 0.1) is 0 Å². The largest absolute Gasteiger partial charge is 0.329 e. The van der Waals surface area contributed by atoms with Gasteiger partial charge in [0.05, 0.1) is 6.54 Å². The van der Waals surface area contributed by atoms with E-state index in [4.69, 9.17) is 5.73 Å². The molecule has 1 fully saturated rings. The number of nitrogens with one attached hydrogen (secondary N) is 1. The van der Waals surface area contributed by atoms with Crippen molar-refractivity contribution in [3.8, 4) is 0 Å². The summed E-state index contributed by atoms with van der Waals surface area (Å²) in [4.78, 5) is 2.40. The van der Waals surface area contributed by atoms with Crippen molar-refractivity contribution in [2.75, 3.05) is 32.7 Å². The van der Waals surface area contributed by atoms with Gasteiger partial charge in [0, 0.05) is 12.1 Å². The maximum absolute atomic E-state index is 12.3. The molecular formula is C12H25F2N3. The first-order chi connectivity index (χ1) is 8.12. The van der Waals surface area contributed by atoms with Gasteiger partial charge in [0.15, 0.2) is 0 Å². The highest BCUT2D eigenvalue weighted by Gasteiger charge is 2.31. The molecule has 102 valence electrons. The zero-order valence-corrected chi connectivity index (χ0v) is 10.7. The lowest BCUT2D eigenvalue weighted by Gasteiger charge is -2.33. The SMILES string of the molecule is CCCN1CCCC(CN)(NCC(F)F)CC1. The fourth-order valence-electron chi connectivity index (χ4n) is 2.54. The van der Waals surface area contributed by atoms with Crippen LogP contribution in [0.1, 0.15) is 32.6 Å². The summed E-state index contributed by atoms with van der Waals surface area (Å²) in [6, 6.07) is 0. The lowest BCUT2D eigenvalue weighted by Crippen LogP contribution is -2.53. The maximum Gasteiger partial charge on any atom is 0.250 e. The van der Waals surface area contributed by atoms with Crippen molar-refractivity contribution in [1.29, 1.82) is 0 Å². The maximum atomic E-state index is 12.3. The summed E-state index contributed by atoms with van der Waals surface area (Å²) in [5.74, 6) is 0. The van der Waals surface area contributed by atoms with E-state index in [2.05, 4.69) is 17.1 Å². The minimum Gasteiger partial charge on any atom is -0.329 e. The Balaban J connectivity index is 2.49. The quantitative estimate of drug-likeness (QED) is 0.748. The molecule has 0 saturated carbocycles. The molecular weight excluding hydrogens is 224 g/mol. The highest BCUT2D eigenvalue weighted by atomic mass is 19.3. The van der Waals surface area contributed by atoms with Crippen LogP contribution in [0.2, 0.25) is 0 Å². The third kappa shape index (κ3) is 4.85. The first-order valence-corrected chi connectivity index (χ1v) is 6.57. The molecule has 5 heteroatoms. The summed E-state index contributed by atoms with van der Waals surface area (Å²) in [5.41, 5.74) is 5.51. The summed E-state index contributed by atoms with van der Waals surface area (Å²) in [7, 11) is 0. The average molecular weight is 249 g/mol. The van der Waals surface area contributed by atoms with Crippen LogP contribution in [-0.2, 0) is 0 Å². The number of nitrogens with two attached hydrogens (primary N) is 1. The van der Waals surface area contributed by atoms with Gasteiger partial charge in [-0.3, -0.25) is 0 Å². The van der Waals surface area contributed by atoms with Gasteiger partial charge < -0.3 is 16.0 Å². The molecule has 1 unspecified atom stereocenters. The van der Waals surface area contributed by atoms with Gasteiger partial charge in [0.25, 0.3) is 6.43 Å². The molecule has 0 aliphatic carbocycles. The van der Waals surface area contributed by atoms with Crippen LogP contribution >= 0.6 is 0 Å². The van der Waals surface area contributed by atoms with E-state index in [1.165, 1.54) is 0 Å². The van der Waals surface area contributed by atoms with Crippen molar-refractivity contribution in [3.05, 3.63) is 0 Å². The van der Waals surface area contributed by atoms with Gasteiger partial charge in [0.1, 0.15) is 0 Å². The van der Waals surface area contributed by atoms with Crippen molar-refractivity contribution < 1.29 is 8.78 Å². The molecule has 1 saturated heterocycles. The third-order valence-corrected chi connectivity index (χ3v) is 3.60. The molecule has 0 bridgehead atoms. The molecule has 0 aromatic carbocycles. The lowest BCUT2D eigenvalue weighted by molar-refractivity contribution is 0.125. The molecule has 17 heavy (non-hydrogen) atoms. The molecule has 3 N–H and O–H groups in total. The van der Waals surface area contributed by atoms with E-state index < -0.39 is 6.43 Å². The Bertz CT molecular complexity index is 214. The number of halogens is 2. The van der Waals surface area contributed by atoms with E-state index in [1.807, 2.05) is 0 Å². The van der Waals surface area contributed by atoms with E-state index in [0.717, 1.165) is 45.3 Å². The van der Waals surface area contributed by atoms with Gasteiger partial charge in [-0.05, 0) is 45.3 Å². The average Bonchev–Trinajstić information content (AvgIpc) is 2.51. The van der Waals surface area contributed by atoms with E-state index in [-0.39, 0.29) is 12.1 Å². The van der Waals surface area contributed by atoms with Crippen molar-refractivity contribution in [2.24, 2.45) is 5.73 Å². The highest BCUT2D eigenvalue weighted by Crippen LogP contribution is 2.21. The lowest BCUT2D eigenvalue weighted by atomic mass is 9.90. The Morgan fingerprint density at radius 1 is 1.35 bits per heavy atom. The summed E-state index contributed by atoms with van der Waals surface area (Å²) in [5, 5.41) is 2.99. The molecule has 0 amide bonds. The van der Waals surface area contributed by atoms with E-state index in [0.29, 0.717) is 6.54 Å². The van der Waals surface area contributed by atoms with Gasteiger partial charge >= 0.3 is 0 Å². The Morgan fingerprint density at radius 3 is 2.71 bits per heavy atom. The minimum absolute atomic E-state index is 0.245. The molecule has 1 aliphatic heterocycles. The van der Waals surface area contributed by atoms with E-state index >= 15 is 0 Å². The van der Waals surface area contributed by atoms with Crippen LogP contribution < -0.4 is 11.1 Å². The second-order valence-corrected chi connectivity index (χ2v) is 4.95. The summed E-state index contributed by atoms with van der Waals surface area (Å²) >= 11 is 0. The fraction of sp³-hybridized carbons (Fsp3) is 1.00. The second-order valence-electron chi connectivity index (χ2n) is 4.95. The van der Waals surface area contributed by atoms with Crippen LogP contribution in [0.25, 0.3) is 0 Å². The van der Waals surface area contributed by atoms with Gasteiger partial charge in [0.2, 0.25) is 0 Å². The third-order valence-electron chi connectivity index (χ3n) is 3.60. The van der Waals surface area contributed by atoms with Gasteiger partial charge in [-0.1, -0.05) is 6.92 Å². The predicted molar refractivity (Wildman–Crippen MR) is 66.4 cm³/mol. The van der Waals surface area contributed by atoms with Gasteiger partial charge in [-0.2, -0.15) is 0 Å². The highest BCUT2D eigenvalue weighted by molar-refractivity contribution is 4.92. The van der Waals surface area contributed by atoms with Crippen LogP contribution in [-0.4, -0.2) is 49.6 Å². The van der Waals surface area contributed by atoms with Crippen LogP contribution in [0.4, 0.5) is 8.78 Å². The Morgan fingerprint density at radius 2 is 2.12 bits per heavy atom. The second kappa shape index (κ2) is 7.24. The molecule has 0 spiro atoms. The topological polar surface area (TPSA) is 41.3 Å². The summed E-state index contributed by atoms with van der Waals surface area (Å²) in [6.45, 7) is 5.48. The number of likely N-dealkylation sites (tertiary alicyclic amines) is 1. The van der Waals surface area contributed by atoms with Crippen LogP contribution in [0.15, 0.2) is 0 Å². The number of nitrogens with zero attached hydrogens (tertiary/aromatic N) is 1. The minimum atomic E-state index is -2.30. The normalized spacial score (nSPS) is 27.4. The smallest absolute Gasteiger partial charge is 0.250 e.